The maximum absolute atomic E-state index is 12.7. The second-order valence-corrected chi connectivity index (χ2v) is 6.18. The Morgan fingerprint density at radius 2 is 1.65 bits per heavy atom. The molecular formula is C13H17F3S. The summed E-state index contributed by atoms with van der Waals surface area (Å²) in [7, 11) is 0. The van der Waals surface area contributed by atoms with Crippen LogP contribution in [0.3, 0.4) is 0 Å². The van der Waals surface area contributed by atoms with Crippen LogP contribution in [0, 0.1) is 5.41 Å². The molecule has 0 radical (unpaired) electrons. The summed E-state index contributed by atoms with van der Waals surface area (Å²) in [6, 6.07) is 4.30. The van der Waals surface area contributed by atoms with Crippen molar-refractivity contribution in [3.8, 4) is 0 Å². The van der Waals surface area contributed by atoms with E-state index >= 15 is 0 Å². The van der Waals surface area contributed by atoms with Gasteiger partial charge in [0.05, 0.1) is 5.56 Å². The summed E-state index contributed by atoms with van der Waals surface area (Å²) in [5.74, 6) is 0. The molecule has 0 heterocycles. The molecule has 0 N–H and O–H groups in total. The Hall–Kier alpha value is -0.640. The number of alkyl halides is 3. The zero-order valence-electron chi connectivity index (χ0n) is 10.5. The van der Waals surface area contributed by atoms with E-state index < -0.39 is 11.7 Å². The van der Waals surface area contributed by atoms with Gasteiger partial charge in [0.1, 0.15) is 0 Å². The summed E-state index contributed by atoms with van der Waals surface area (Å²) < 4.78 is 38.1. The summed E-state index contributed by atoms with van der Waals surface area (Å²) >= 11 is 1.34. The van der Waals surface area contributed by atoms with Crippen molar-refractivity contribution in [2.45, 2.75) is 38.3 Å². The lowest BCUT2D eigenvalue weighted by atomic mass is 9.87. The maximum Gasteiger partial charge on any atom is 0.416 e. The first-order valence-corrected chi connectivity index (χ1v) is 6.59. The van der Waals surface area contributed by atoms with Crippen LogP contribution in [0.25, 0.3) is 0 Å². The molecule has 0 unspecified atom stereocenters. The van der Waals surface area contributed by atoms with Gasteiger partial charge in [0, 0.05) is 4.90 Å². The Labute approximate surface area is 105 Å². The monoisotopic (exact) mass is 262 g/mol. The summed E-state index contributed by atoms with van der Waals surface area (Å²) in [6.07, 6.45) is -1.83. The molecule has 0 spiro atoms. The van der Waals surface area contributed by atoms with Crippen molar-refractivity contribution in [3.05, 3.63) is 29.3 Å². The van der Waals surface area contributed by atoms with Crippen LogP contribution < -0.4 is 0 Å². The minimum atomic E-state index is -4.27. The predicted molar refractivity (Wildman–Crippen MR) is 66.4 cm³/mol. The Morgan fingerprint density at radius 3 is 2.06 bits per heavy atom. The van der Waals surface area contributed by atoms with Crippen molar-refractivity contribution in [1.29, 1.82) is 0 Å². The van der Waals surface area contributed by atoms with E-state index in [0.717, 1.165) is 5.56 Å². The average molecular weight is 262 g/mol. The fourth-order valence-corrected chi connectivity index (χ4v) is 2.17. The fraction of sp³-hybridized carbons (Fsp3) is 0.538. The van der Waals surface area contributed by atoms with Crippen molar-refractivity contribution >= 4 is 11.8 Å². The molecule has 0 fully saturated rings. The quantitative estimate of drug-likeness (QED) is 0.675. The standard InChI is InChI=1S/C13H17F3S/c1-12(2,3)8-9-5-10(13(14,15)16)7-11(6-9)17-4/h5-7H,8H2,1-4H3. The third-order valence-corrected chi connectivity index (χ3v) is 2.97. The molecule has 96 valence electrons. The highest BCUT2D eigenvalue weighted by Crippen LogP contribution is 2.34. The number of benzene rings is 1. The van der Waals surface area contributed by atoms with Gasteiger partial charge in [-0.3, -0.25) is 0 Å². The number of rotatable bonds is 2. The van der Waals surface area contributed by atoms with E-state index in [0.29, 0.717) is 11.3 Å². The lowest BCUT2D eigenvalue weighted by Gasteiger charge is -2.19. The van der Waals surface area contributed by atoms with Gasteiger partial charge in [0.25, 0.3) is 0 Å². The minimum Gasteiger partial charge on any atom is -0.166 e. The van der Waals surface area contributed by atoms with Crippen molar-refractivity contribution in [3.63, 3.8) is 0 Å². The first-order chi connectivity index (χ1) is 7.62. The molecule has 0 aliphatic heterocycles. The molecule has 0 saturated heterocycles. The lowest BCUT2D eigenvalue weighted by Crippen LogP contribution is -2.11. The van der Waals surface area contributed by atoms with Crippen molar-refractivity contribution in [2.75, 3.05) is 6.26 Å². The Bertz CT molecular complexity index is 389. The lowest BCUT2D eigenvalue weighted by molar-refractivity contribution is -0.137. The van der Waals surface area contributed by atoms with Crippen LogP contribution in [0.15, 0.2) is 23.1 Å². The van der Waals surface area contributed by atoms with Gasteiger partial charge in [-0.05, 0) is 41.9 Å². The molecular weight excluding hydrogens is 245 g/mol. The molecule has 4 heteroatoms. The van der Waals surface area contributed by atoms with Crippen LogP contribution in [0.4, 0.5) is 13.2 Å². The largest absolute Gasteiger partial charge is 0.416 e. The van der Waals surface area contributed by atoms with Crippen molar-refractivity contribution in [1.82, 2.24) is 0 Å². The molecule has 0 bridgehead atoms. The average Bonchev–Trinajstić information content (AvgIpc) is 2.13. The van der Waals surface area contributed by atoms with Gasteiger partial charge in [-0.2, -0.15) is 13.2 Å². The van der Waals surface area contributed by atoms with Crippen molar-refractivity contribution < 1.29 is 13.2 Å². The van der Waals surface area contributed by atoms with Gasteiger partial charge >= 0.3 is 6.18 Å². The van der Waals surface area contributed by atoms with Crippen LogP contribution in [0.5, 0.6) is 0 Å². The molecule has 0 aliphatic carbocycles. The van der Waals surface area contributed by atoms with Crippen LogP contribution >= 0.6 is 11.8 Å². The fourth-order valence-electron chi connectivity index (χ4n) is 1.66. The normalized spacial score (nSPS) is 12.9. The topological polar surface area (TPSA) is 0 Å². The zero-order valence-corrected chi connectivity index (χ0v) is 11.3. The predicted octanol–water partition coefficient (Wildman–Crippen LogP) is 5.02. The molecule has 0 nitrogen and oxygen atoms in total. The molecule has 0 saturated carbocycles. The highest BCUT2D eigenvalue weighted by Gasteiger charge is 2.31. The molecule has 0 atom stereocenters. The molecule has 0 aliphatic rings. The molecule has 17 heavy (non-hydrogen) atoms. The maximum atomic E-state index is 12.7. The summed E-state index contributed by atoms with van der Waals surface area (Å²) in [6.45, 7) is 6.06. The number of hydrogen-bond donors (Lipinski definition) is 0. The summed E-state index contributed by atoms with van der Waals surface area (Å²) in [5.41, 5.74) is 0.181. The van der Waals surface area contributed by atoms with E-state index in [1.54, 1.807) is 6.26 Å². The summed E-state index contributed by atoms with van der Waals surface area (Å²) in [5, 5.41) is 0. The van der Waals surface area contributed by atoms with Gasteiger partial charge in [0.2, 0.25) is 0 Å². The van der Waals surface area contributed by atoms with E-state index in [1.807, 2.05) is 26.8 Å². The van der Waals surface area contributed by atoms with Crippen molar-refractivity contribution in [2.24, 2.45) is 5.41 Å². The van der Waals surface area contributed by atoms with E-state index in [9.17, 15) is 13.2 Å². The molecule has 0 aromatic heterocycles. The van der Waals surface area contributed by atoms with Crippen LogP contribution in [0.2, 0.25) is 0 Å². The van der Waals surface area contributed by atoms with Crippen LogP contribution in [0.1, 0.15) is 31.9 Å². The molecule has 1 aromatic rings. The van der Waals surface area contributed by atoms with Crippen LogP contribution in [-0.2, 0) is 12.6 Å². The van der Waals surface area contributed by atoms with E-state index in [2.05, 4.69) is 0 Å². The third kappa shape index (κ3) is 4.62. The molecule has 1 aromatic carbocycles. The summed E-state index contributed by atoms with van der Waals surface area (Å²) in [4.78, 5) is 0.666. The van der Waals surface area contributed by atoms with Gasteiger partial charge in [0.15, 0.2) is 0 Å². The Kier molecular flexibility index (Phi) is 4.18. The minimum absolute atomic E-state index is 0.0140. The highest BCUT2D eigenvalue weighted by atomic mass is 32.2. The first kappa shape index (κ1) is 14.4. The first-order valence-electron chi connectivity index (χ1n) is 5.37. The van der Waals surface area contributed by atoms with Gasteiger partial charge in [-0.15, -0.1) is 11.8 Å². The number of hydrogen-bond acceptors (Lipinski definition) is 1. The van der Waals surface area contributed by atoms with Gasteiger partial charge < -0.3 is 0 Å². The smallest absolute Gasteiger partial charge is 0.166 e. The molecule has 0 amide bonds. The second kappa shape index (κ2) is 4.92. The van der Waals surface area contributed by atoms with E-state index in [4.69, 9.17) is 0 Å². The number of halogens is 3. The van der Waals surface area contributed by atoms with E-state index in [1.165, 1.54) is 23.9 Å². The Balaban J connectivity index is 3.15. The SMILES string of the molecule is CSc1cc(CC(C)(C)C)cc(C(F)(F)F)c1. The van der Waals surface area contributed by atoms with E-state index in [-0.39, 0.29) is 5.41 Å². The second-order valence-electron chi connectivity index (χ2n) is 5.30. The highest BCUT2D eigenvalue weighted by molar-refractivity contribution is 7.98. The Morgan fingerprint density at radius 1 is 1.06 bits per heavy atom. The molecule has 1 rings (SSSR count). The van der Waals surface area contributed by atoms with Gasteiger partial charge in [-0.1, -0.05) is 20.8 Å². The van der Waals surface area contributed by atoms with Crippen LogP contribution in [-0.4, -0.2) is 6.26 Å². The number of thioether (sulfide) groups is 1. The van der Waals surface area contributed by atoms with Gasteiger partial charge in [-0.25, -0.2) is 0 Å². The third-order valence-electron chi connectivity index (χ3n) is 2.26. The zero-order chi connectivity index (χ0) is 13.3.